The van der Waals surface area contributed by atoms with E-state index in [1.54, 1.807) is 0 Å². The molecule has 23 heavy (non-hydrogen) atoms. The predicted octanol–water partition coefficient (Wildman–Crippen LogP) is 2.40. The number of rotatable bonds is 5. The van der Waals surface area contributed by atoms with Crippen molar-refractivity contribution in [3.63, 3.8) is 0 Å². The molecule has 0 heterocycles. The highest BCUT2D eigenvalue weighted by atomic mass is 16.5. The molecule has 5 heteroatoms. The van der Waals surface area contributed by atoms with Gasteiger partial charge in [-0.15, -0.1) is 0 Å². The molecule has 1 aromatic carbocycles. The summed E-state index contributed by atoms with van der Waals surface area (Å²) in [6.07, 6.45) is 4.39. The Balaban J connectivity index is 1.78. The van der Waals surface area contributed by atoms with Crippen LogP contribution in [0.3, 0.4) is 0 Å². The first kappa shape index (κ1) is 17.3. The molecule has 2 N–H and O–H groups in total. The second-order valence-corrected chi connectivity index (χ2v) is 6.10. The summed E-state index contributed by atoms with van der Waals surface area (Å²) in [6.45, 7) is 5.01. The van der Waals surface area contributed by atoms with E-state index in [-0.39, 0.29) is 6.04 Å². The summed E-state index contributed by atoms with van der Waals surface area (Å²) in [5.74, 6) is 0.129. The van der Waals surface area contributed by atoms with Gasteiger partial charge in [0.05, 0.1) is 6.61 Å². The second kappa shape index (κ2) is 8.56. The maximum absolute atomic E-state index is 12.0. The Morgan fingerprint density at radius 2 is 1.83 bits per heavy atom. The van der Waals surface area contributed by atoms with Gasteiger partial charge in [0.15, 0.2) is 0 Å². The zero-order chi connectivity index (χ0) is 16.7. The fraction of sp³-hybridized carbons (Fsp3) is 0.556. The van der Waals surface area contributed by atoms with Crippen LogP contribution in [0.25, 0.3) is 0 Å². The van der Waals surface area contributed by atoms with E-state index in [1.165, 1.54) is 6.42 Å². The normalized spacial score (nSPS) is 20.6. The average molecular weight is 318 g/mol. The fourth-order valence-electron chi connectivity index (χ4n) is 2.90. The number of hydrogen-bond acceptors (Lipinski definition) is 3. The lowest BCUT2D eigenvalue weighted by Crippen LogP contribution is -2.47. The van der Waals surface area contributed by atoms with E-state index in [0.717, 1.165) is 30.6 Å². The Bertz CT molecular complexity index is 528. The van der Waals surface area contributed by atoms with E-state index in [9.17, 15) is 9.59 Å². The van der Waals surface area contributed by atoms with Gasteiger partial charge in [0.1, 0.15) is 5.75 Å². The number of nitrogens with one attached hydrogen (secondary N) is 2. The molecule has 0 radical (unpaired) electrons. The smallest absolute Gasteiger partial charge is 0.309 e. The zero-order valence-electron chi connectivity index (χ0n) is 13.9. The van der Waals surface area contributed by atoms with Gasteiger partial charge >= 0.3 is 11.8 Å². The average Bonchev–Trinajstić information content (AvgIpc) is 2.56. The number of ether oxygens (including phenoxy) is 1. The lowest BCUT2D eigenvalue weighted by Gasteiger charge is -2.29. The molecule has 1 aliphatic rings. The first-order chi connectivity index (χ1) is 11.1. The third kappa shape index (κ3) is 5.27. The molecule has 1 fully saturated rings. The van der Waals surface area contributed by atoms with Crippen molar-refractivity contribution < 1.29 is 14.3 Å². The Labute approximate surface area is 137 Å². The van der Waals surface area contributed by atoms with Crippen LogP contribution in [0.15, 0.2) is 24.3 Å². The van der Waals surface area contributed by atoms with E-state index in [2.05, 4.69) is 17.6 Å². The molecule has 0 aliphatic heterocycles. The number of carbonyl (C=O) groups excluding carboxylic acids is 2. The molecule has 0 aromatic heterocycles. The Morgan fingerprint density at radius 3 is 2.48 bits per heavy atom. The van der Waals surface area contributed by atoms with E-state index < -0.39 is 11.8 Å². The second-order valence-electron chi connectivity index (χ2n) is 6.10. The van der Waals surface area contributed by atoms with E-state index in [1.807, 2.05) is 31.2 Å². The van der Waals surface area contributed by atoms with Gasteiger partial charge in [0.25, 0.3) is 0 Å². The minimum Gasteiger partial charge on any atom is -0.494 e. The standard InChI is InChI=1S/C18H26N2O3/c1-3-23-15-10-8-14(9-11-15)12-19-17(21)18(22)20-16-7-5-4-6-13(16)2/h8-11,13,16H,3-7,12H2,1-2H3,(H,19,21)(H,20,22)/t13-,16-/m1/s1. The molecule has 1 aliphatic carbocycles. The molecule has 1 aromatic rings. The topological polar surface area (TPSA) is 67.4 Å². The van der Waals surface area contributed by atoms with Crippen LogP contribution < -0.4 is 15.4 Å². The van der Waals surface area contributed by atoms with Gasteiger partial charge in [0.2, 0.25) is 0 Å². The summed E-state index contributed by atoms with van der Waals surface area (Å²) in [5.41, 5.74) is 0.931. The number of amides is 2. The predicted molar refractivity (Wildman–Crippen MR) is 89.0 cm³/mol. The van der Waals surface area contributed by atoms with Gasteiger partial charge in [-0.25, -0.2) is 0 Å². The number of benzene rings is 1. The van der Waals surface area contributed by atoms with E-state index in [4.69, 9.17) is 4.74 Å². The molecular formula is C18H26N2O3. The maximum Gasteiger partial charge on any atom is 0.309 e. The Hall–Kier alpha value is -2.04. The van der Waals surface area contributed by atoms with Crippen molar-refractivity contribution in [1.29, 1.82) is 0 Å². The van der Waals surface area contributed by atoms with Crippen LogP contribution in [0.2, 0.25) is 0 Å². The minimum absolute atomic E-state index is 0.118. The summed E-state index contributed by atoms with van der Waals surface area (Å²) >= 11 is 0. The van der Waals surface area contributed by atoms with E-state index in [0.29, 0.717) is 19.1 Å². The first-order valence-corrected chi connectivity index (χ1v) is 8.40. The van der Waals surface area contributed by atoms with Crippen LogP contribution in [-0.2, 0) is 16.1 Å². The molecule has 126 valence electrons. The van der Waals surface area contributed by atoms with Crippen LogP contribution in [0, 0.1) is 5.92 Å². The zero-order valence-corrected chi connectivity index (χ0v) is 13.9. The summed E-state index contributed by atoms with van der Waals surface area (Å²) in [4.78, 5) is 23.9. The molecule has 0 spiro atoms. The van der Waals surface area contributed by atoms with Crippen LogP contribution in [0.4, 0.5) is 0 Å². The van der Waals surface area contributed by atoms with Crippen molar-refractivity contribution in [3.05, 3.63) is 29.8 Å². The highest BCUT2D eigenvalue weighted by molar-refractivity contribution is 6.35. The van der Waals surface area contributed by atoms with Gasteiger partial charge < -0.3 is 15.4 Å². The van der Waals surface area contributed by atoms with Crippen LogP contribution in [0.1, 0.15) is 45.1 Å². The molecular weight excluding hydrogens is 292 g/mol. The molecule has 0 saturated heterocycles. The van der Waals surface area contributed by atoms with E-state index >= 15 is 0 Å². The van der Waals surface area contributed by atoms with Crippen molar-refractivity contribution in [2.24, 2.45) is 5.92 Å². The van der Waals surface area contributed by atoms with Gasteiger partial charge in [-0.2, -0.15) is 0 Å². The van der Waals surface area contributed by atoms with Gasteiger partial charge in [-0.3, -0.25) is 9.59 Å². The third-order valence-corrected chi connectivity index (χ3v) is 4.32. The summed E-state index contributed by atoms with van der Waals surface area (Å²) in [6, 6.07) is 7.59. The first-order valence-electron chi connectivity index (χ1n) is 8.40. The molecule has 5 nitrogen and oxygen atoms in total. The van der Waals surface area contributed by atoms with Crippen molar-refractivity contribution in [2.75, 3.05) is 6.61 Å². The molecule has 0 bridgehead atoms. The monoisotopic (exact) mass is 318 g/mol. The summed E-state index contributed by atoms with van der Waals surface area (Å²) < 4.78 is 5.37. The maximum atomic E-state index is 12.0. The Morgan fingerprint density at radius 1 is 1.13 bits per heavy atom. The van der Waals surface area contributed by atoms with Gasteiger partial charge in [-0.05, 0) is 43.4 Å². The minimum atomic E-state index is -0.573. The SMILES string of the molecule is CCOc1ccc(CNC(=O)C(=O)N[C@@H]2CCCC[C@H]2C)cc1. The third-order valence-electron chi connectivity index (χ3n) is 4.32. The van der Waals surface area contributed by atoms with Crippen LogP contribution >= 0.6 is 0 Å². The fourth-order valence-corrected chi connectivity index (χ4v) is 2.90. The van der Waals surface area contributed by atoms with Gasteiger partial charge in [-0.1, -0.05) is 31.9 Å². The lowest BCUT2D eigenvalue weighted by atomic mass is 9.86. The summed E-state index contributed by atoms with van der Waals surface area (Å²) in [7, 11) is 0. The van der Waals surface area contributed by atoms with Crippen molar-refractivity contribution in [3.8, 4) is 5.75 Å². The quantitative estimate of drug-likeness (QED) is 0.819. The lowest BCUT2D eigenvalue weighted by molar-refractivity contribution is -0.140. The van der Waals surface area contributed by atoms with Crippen molar-refractivity contribution >= 4 is 11.8 Å². The highest BCUT2D eigenvalue weighted by Crippen LogP contribution is 2.23. The molecule has 0 unspecified atom stereocenters. The highest BCUT2D eigenvalue weighted by Gasteiger charge is 2.25. The summed E-state index contributed by atoms with van der Waals surface area (Å²) in [5, 5.41) is 5.52. The van der Waals surface area contributed by atoms with Gasteiger partial charge in [0, 0.05) is 12.6 Å². The van der Waals surface area contributed by atoms with Crippen LogP contribution in [-0.4, -0.2) is 24.5 Å². The molecule has 2 atom stereocenters. The van der Waals surface area contributed by atoms with Crippen molar-refractivity contribution in [2.45, 2.75) is 52.1 Å². The number of hydrogen-bond donors (Lipinski definition) is 2. The van der Waals surface area contributed by atoms with Crippen LogP contribution in [0.5, 0.6) is 5.75 Å². The Kier molecular flexibility index (Phi) is 6.44. The molecule has 1 saturated carbocycles. The largest absolute Gasteiger partial charge is 0.494 e. The molecule has 2 rings (SSSR count). The molecule has 2 amide bonds. The van der Waals surface area contributed by atoms with Crippen molar-refractivity contribution in [1.82, 2.24) is 10.6 Å². The number of carbonyl (C=O) groups is 2.